The highest BCUT2D eigenvalue weighted by Crippen LogP contribution is 2.34. The van der Waals surface area contributed by atoms with Crippen LogP contribution in [-0.4, -0.2) is 59.4 Å². The van der Waals surface area contributed by atoms with E-state index < -0.39 is 47.9 Å². The van der Waals surface area contributed by atoms with Gasteiger partial charge in [0.25, 0.3) is 0 Å². The van der Waals surface area contributed by atoms with Crippen molar-refractivity contribution in [2.24, 2.45) is 11.8 Å². The molecule has 0 aliphatic heterocycles. The molecule has 1 saturated carbocycles. The summed E-state index contributed by atoms with van der Waals surface area (Å²) < 4.78 is 9.69. The minimum absolute atomic E-state index is 0.153. The van der Waals surface area contributed by atoms with Crippen LogP contribution in [0.1, 0.15) is 19.8 Å². The zero-order valence-electron chi connectivity index (χ0n) is 15.2. The number of methoxy groups -OCH3 is 2. The third-order valence-corrected chi connectivity index (χ3v) is 4.46. The lowest BCUT2D eigenvalue weighted by Gasteiger charge is -2.27. The number of hydrogen-bond acceptors (Lipinski definition) is 8. The van der Waals surface area contributed by atoms with Crippen molar-refractivity contribution in [2.45, 2.75) is 31.8 Å². The number of ether oxygens (including phenoxy) is 2. The van der Waals surface area contributed by atoms with Crippen molar-refractivity contribution >= 4 is 18.2 Å². The lowest BCUT2D eigenvalue weighted by Crippen LogP contribution is -2.54. The second-order valence-electron chi connectivity index (χ2n) is 6.35. The summed E-state index contributed by atoms with van der Waals surface area (Å²) >= 11 is 0. The highest BCUT2D eigenvalue weighted by molar-refractivity contribution is 5.82. The summed E-state index contributed by atoms with van der Waals surface area (Å²) in [5.41, 5.74) is 0. The second kappa shape index (κ2) is 8.52. The van der Waals surface area contributed by atoms with Crippen LogP contribution in [0.4, 0.5) is 9.59 Å². The molecule has 150 valence electrons. The Labute approximate surface area is 155 Å². The molecule has 0 radical (unpaired) electrons. The predicted molar refractivity (Wildman–Crippen MR) is 89.9 cm³/mol. The Bertz CT molecular complexity index is 684. The monoisotopic (exact) mass is 385 g/mol. The minimum Gasteiger partial charge on any atom is -0.492 e. The van der Waals surface area contributed by atoms with Gasteiger partial charge in [0.2, 0.25) is 11.8 Å². The Hall–Kier alpha value is -3.11. The number of amides is 2. The van der Waals surface area contributed by atoms with E-state index in [9.17, 15) is 24.6 Å². The summed E-state index contributed by atoms with van der Waals surface area (Å²) in [6, 6.07) is 0.592. The number of alkyl carbamates (subject to hydrolysis) is 2. The highest BCUT2D eigenvalue weighted by Gasteiger charge is 2.43. The van der Waals surface area contributed by atoms with Crippen LogP contribution in [0.5, 0.6) is 11.8 Å². The van der Waals surface area contributed by atoms with Crippen LogP contribution in [0.3, 0.4) is 0 Å². The lowest BCUT2D eigenvalue weighted by atomic mass is 9.94. The molecule has 2 amide bonds. The number of rotatable bonds is 5. The number of carbonyl (C=O) groups excluding carboxylic acids is 3. The number of nitrogens with zero attached hydrogens (tertiary/aromatic N) is 1. The molecule has 1 fully saturated rings. The van der Waals surface area contributed by atoms with Crippen LogP contribution in [0.15, 0.2) is 12.1 Å². The molecule has 2 rings (SSSR count). The first-order valence-electron chi connectivity index (χ1n) is 8.27. The van der Waals surface area contributed by atoms with Crippen LogP contribution in [-0.2, 0) is 14.3 Å². The van der Waals surface area contributed by atoms with Crippen molar-refractivity contribution in [1.82, 2.24) is 15.4 Å². The van der Waals surface area contributed by atoms with Crippen molar-refractivity contribution in [3.63, 3.8) is 0 Å². The number of aromatic nitrogens is 1. The standard InChI is InChI=1S/C16H23N3O8/c1-8-6-9(10(7-8)17-15(23)25-2)13(18-16(24)26-3)14(22)27-19-11(20)4-5-12(19)21/h4-5,8-10,13,20-21H,6-7H2,1-3H3,(H,17,23)(H,18,24). The van der Waals surface area contributed by atoms with Crippen LogP contribution in [0.25, 0.3) is 0 Å². The van der Waals surface area contributed by atoms with Crippen LogP contribution < -0.4 is 15.5 Å². The summed E-state index contributed by atoms with van der Waals surface area (Å²) in [5.74, 6) is -2.31. The van der Waals surface area contributed by atoms with E-state index in [0.717, 1.165) is 19.2 Å². The van der Waals surface area contributed by atoms with Gasteiger partial charge < -0.3 is 35.2 Å². The van der Waals surface area contributed by atoms with Crippen molar-refractivity contribution < 1.29 is 38.9 Å². The first-order chi connectivity index (χ1) is 12.8. The summed E-state index contributed by atoms with van der Waals surface area (Å²) in [7, 11) is 2.36. The minimum atomic E-state index is -1.20. The van der Waals surface area contributed by atoms with E-state index in [1.165, 1.54) is 7.11 Å². The molecular weight excluding hydrogens is 362 g/mol. The molecule has 4 unspecified atom stereocenters. The average molecular weight is 385 g/mol. The Morgan fingerprint density at radius 1 is 1.11 bits per heavy atom. The van der Waals surface area contributed by atoms with E-state index in [0.29, 0.717) is 17.6 Å². The summed E-state index contributed by atoms with van der Waals surface area (Å²) in [5, 5.41) is 24.3. The topological polar surface area (TPSA) is 148 Å². The normalized spacial score (nSPS) is 22.6. The molecule has 4 atom stereocenters. The maximum absolute atomic E-state index is 12.7. The number of carbonyl (C=O) groups is 3. The lowest BCUT2D eigenvalue weighted by molar-refractivity contribution is -0.149. The zero-order valence-corrected chi connectivity index (χ0v) is 15.2. The molecule has 0 spiro atoms. The van der Waals surface area contributed by atoms with Gasteiger partial charge in [-0.05, 0) is 18.8 Å². The van der Waals surface area contributed by atoms with Crippen molar-refractivity contribution in [3.05, 3.63) is 12.1 Å². The summed E-state index contributed by atoms with van der Waals surface area (Å²) in [6.07, 6.45) is -0.464. The molecule has 1 aromatic rings. The molecule has 1 aliphatic rings. The average Bonchev–Trinajstić information content (AvgIpc) is 3.15. The van der Waals surface area contributed by atoms with E-state index in [4.69, 9.17) is 4.84 Å². The summed E-state index contributed by atoms with van der Waals surface area (Å²) in [6.45, 7) is 1.94. The largest absolute Gasteiger partial charge is 0.492 e. The SMILES string of the molecule is COC(=O)NC1CC(C)CC1C(NC(=O)OC)C(=O)On1c(O)ccc1O. The molecule has 1 aliphatic carbocycles. The summed E-state index contributed by atoms with van der Waals surface area (Å²) in [4.78, 5) is 41.0. The Kier molecular flexibility index (Phi) is 6.37. The second-order valence-corrected chi connectivity index (χ2v) is 6.35. The predicted octanol–water partition coefficient (Wildman–Crippen LogP) is 0.350. The Balaban J connectivity index is 2.25. The molecule has 1 aromatic heterocycles. The molecule has 0 bridgehead atoms. The molecule has 0 aromatic carbocycles. The van der Waals surface area contributed by atoms with Gasteiger partial charge in [0, 0.05) is 24.1 Å². The number of hydrogen-bond donors (Lipinski definition) is 4. The van der Waals surface area contributed by atoms with Crippen LogP contribution in [0, 0.1) is 11.8 Å². The smallest absolute Gasteiger partial charge is 0.407 e. The quantitative estimate of drug-likeness (QED) is 0.567. The Morgan fingerprint density at radius 2 is 1.70 bits per heavy atom. The van der Waals surface area contributed by atoms with Gasteiger partial charge in [-0.1, -0.05) is 6.92 Å². The fraction of sp³-hybridized carbons (Fsp3) is 0.562. The van der Waals surface area contributed by atoms with Gasteiger partial charge in [0.15, 0.2) is 0 Å². The molecule has 4 N–H and O–H groups in total. The van der Waals surface area contributed by atoms with Crippen molar-refractivity contribution in [3.8, 4) is 11.8 Å². The molecule has 11 heteroatoms. The van der Waals surface area contributed by atoms with Crippen LogP contribution in [0.2, 0.25) is 0 Å². The van der Waals surface area contributed by atoms with Crippen molar-refractivity contribution in [2.75, 3.05) is 14.2 Å². The van der Waals surface area contributed by atoms with Gasteiger partial charge in [-0.25, -0.2) is 14.4 Å². The van der Waals surface area contributed by atoms with Crippen molar-refractivity contribution in [1.29, 1.82) is 0 Å². The van der Waals surface area contributed by atoms with E-state index in [2.05, 4.69) is 20.1 Å². The first-order valence-corrected chi connectivity index (χ1v) is 8.27. The van der Waals surface area contributed by atoms with E-state index in [1.54, 1.807) is 0 Å². The zero-order chi connectivity index (χ0) is 20.1. The molecule has 0 saturated heterocycles. The number of nitrogens with one attached hydrogen (secondary N) is 2. The fourth-order valence-electron chi connectivity index (χ4n) is 3.25. The third kappa shape index (κ3) is 4.74. The van der Waals surface area contributed by atoms with E-state index in [-0.39, 0.29) is 5.92 Å². The van der Waals surface area contributed by atoms with Gasteiger partial charge in [-0.2, -0.15) is 0 Å². The fourth-order valence-corrected chi connectivity index (χ4v) is 3.25. The Morgan fingerprint density at radius 3 is 2.26 bits per heavy atom. The van der Waals surface area contributed by atoms with Gasteiger partial charge in [-0.3, -0.25) is 0 Å². The number of aromatic hydroxyl groups is 2. The maximum atomic E-state index is 12.7. The molecule has 1 heterocycles. The molecular formula is C16H23N3O8. The van der Waals surface area contributed by atoms with Gasteiger partial charge in [-0.15, -0.1) is 4.73 Å². The van der Waals surface area contributed by atoms with Gasteiger partial charge in [0.1, 0.15) is 6.04 Å². The van der Waals surface area contributed by atoms with E-state index >= 15 is 0 Å². The highest BCUT2D eigenvalue weighted by atomic mass is 16.7. The first kappa shape index (κ1) is 20.2. The molecule has 11 nitrogen and oxygen atoms in total. The van der Waals surface area contributed by atoms with E-state index in [1.807, 2.05) is 6.92 Å². The van der Waals surface area contributed by atoms with Gasteiger partial charge in [0.05, 0.1) is 14.2 Å². The van der Waals surface area contributed by atoms with Gasteiger partial charge >= 0.3 is 18.2 Å². The molecule has 27 heavy (non-hydrogen) atoms. The third-order valence-electron chi connectivity index (χ3n) is 4.46. The van der Waals surface area contributed by atoms with Crippen LogP contribution >= 0.6 is 0 Å². The maximum Gasteiger partial charge on any atom is 0.407 e.